The van der Waals surface area contributed by atoms with Gasteiger partial charge in [-0.1, -0.05) is 29.3 Å². The Morgan fingerprint density at radius 1 is 1.41 bits per heavy atom. The SMILES string of the molecule is COc1cnn(C(O)c2ccc(Cl)cc2Cl)c1. The van der Waals surface area contributed by atoms with E-state index in [-0.39, 0.29) is 0 Å². The van der Waals surface area contributed by atoms with E-state index in [1.807, 2.05) is 0 Å². The number of aromatic nitrogens is 2. The van der Waals surface area contributed by atoms with Crippen molar-refractivity contribution < 1.29 is 9.84 Å². The Balaban J connectivity index is 2.33. The molecular weight excluding hydrogens is 263 g/mol. The number of halogens is 2. The molecule has 0 radical (unpaired) electrons. The molecule has 1 unspecified atom stereocenters. The van der Waals surface area contributed by atoms with E-state index in [0.29, 0.717) is 21.4 Å². The second-order valence-electron chi connectivity index (χ2n) is 3.40. The highest BCUT2D eigenvalue weighted by Gasteiger charge is 2.15. The molecule has 0 saturated carbocycles. The summed E-state index contributed by atoms with van der Waals surface area (Å²) in [5.41, 5.74) is 0.529. The highest BCUT2D eigenvalue weighted by molar-refractivity contribution is 6.35. The quantitative estimate of drug-likeness (QED) is 0.935. The number of methoxy groups -OCH3 is 1. The third-order valence-corrected chi connectivity index (χ3v) is 2.87. The minimum atomic E-state index is -0.969. The summed E-state index contributed by atoms with van der Waals surface area (Å²) < 4.78 is 6.34. The first-order chi connectivity index (χ1) is 8.11. The van der Waals surface area contributed by atoms with E-state index in [4.69, 9.17) is 27.9 Å². The first kappa shape index (κ1) is 12.2. The van der Waals surface area contributed by atoms with Crippen molar-refractivity contribution in [2.75, 3.05) is 7.11 Å². The van der Waals surface area contributed by atoms with Gasteiger partial charge in [0.2, 0.25) is 0 Å². The molecular formula is C11H10Cl2N2O2. The number of nitrogens with zero attached hydrogens (tertiary/aromatic N) is 2. The van der Waals surface area contributed by atoms with Crippen LogP contribution >= 0.6 is 23.2 Å². The van der Waals surface area contributed by atoms with Gasteiger partial charge in [-0.3, -0.25) is 0 Å². The third kappa shape index (κ3) is 2.54. The van der Waals surface area contributed by atoms with Crippen LogP contribution in [0.5, 0.6) is 5.75 Å². The molecule has 2 rings (SSSR count). The molecule has 1 N–H and O–H groups in total. The van der Waals surface area contributed by atoms with Crippen LogP contribution in [-0.2, 0) is 0 Å². The molecule has 1 aromatic carbocycles. The summed E-state index contributed by atoms with van der Waals surface area (Å²) in [6.07, 6.45) is 2.12. The molecule has 4 nitrogen and oxygen atoms in total. The van der Waals surface area contributed by atoms with Gasteiger partial charge < -0.3 is 9.84 Å². The molecule has 1 atom stereocenters. The monoisotopic (exact) mass is 272 g/mol. The van der Waals surface area contributed by atoms with Crippen LogP contribution in [0.15, 0.2) is 30.6 Å². The maximum absolute atomic E-state index is 10.1. The van der Waals surface area contributed by atoms with E-state index in [1.54, 1.807) is 24.4 Å². The third-order valence-electron chi connectivity index (χ3n) is 2.30. The van der Waals surface area contributed by atoms with Crippen LogP contribution in [0.1, 0.15) is 11.8 Å². The second-order valence-corrected chi connectivity index (χ2v) is 4.24. The lowest BCUT2D eigenvalue weighted by Crippen LogP contribution is -2.10. The number of hydrogen-bond acceptors (Lipinski definition) is 3. The van der Waals surface area contributed by atoms with Crippen LogP contribution in [0.25, 0.3) is 0 Å². The number of aliphatic hydroxyl groups excluding tert-OH is 1. The number of hydrogen-bond donors (Lipinski definition) is 1. The van der Waals surface area contributed by atoms with E-state index in [9.17, 15) is 5.11 Å². The van der Waals surface area contributed by atoms with Crippen molar-refractivity contribution in [1.29, 1.82) is 0 Å². The molecule has 0 aliphatic rings. The Morgan fingerprint density at radius 3 is 2.76 bits per heavy atom. The predicted molar refractivity (Wildman–Crippen MR) is 65.6 cm³/mol. The Kier molecular flexibility index (Phi) is 3.57. The van der Waals surface area contributed by atoms with Gasteiger partial charge >= 0.3 is 0 Å². The van der Waals surface area contributed by atoms with Gasteiger partial charge in [-0.2, -0.15) is 5.10 Å². The van der Waals surface area contributed by atoms with Gasteiger partial charge in [0.1, 0.15) is 0 Å². The van der Waals surface area contributed by atoms with Gasteiger partial charge in [0.25, 0.3) is 0 Å². The van der Waals surface area contributed by atoms with E-state index in [1.165, 1.54) is 18.0 Å². The standard InChI is InChI=1S/C11H10Cl2N2O2/c1-17-8-5-14-15(6-8)11(16)9-3-2-7(12)4-10(9)13/h2-6,11,16H,1H3. The van der Waals surface area contributed by atoms with E-state index >= 15 is 0 Å². The first-order valence-electron chi connectivity index (χ1n) is 4.83. The van der Waals surface area contributed by atoms with Crippen molar-refractivity contribution in [1.82, 2.24) is 9.78 Å². The van der Waals surface area contributed by atoms with Crippen molar-refractivity contribution in [3.8, 4) is 5.75 Å². The first-order valence-corrected chi connectivity index (χ1v) is 5.58. The predicted octanol–water partition coefficient (Wildman–Crippen LogP) is 2.74. The van der Waals surface area contributed by atoms with Gasteiger partial charge in [0.15, 0.2) is 12.0 Å². The maximum atomic E-state index is 10.1. The lowest BCUT2D eigenvalue weighted by Gasteiger charge is -2.13. The topological polar surface area (TPSA) is 47.3 Å². The summed E-state index contributed by atoms with van der Waals surface area (Å²) in [5.74, 6) is 0.564. The zero-order valence-corrected chi connectivity index (χ0v) is 10.5. The van der Waals surface area contributed by atoms with Gasteiger partial charge in [-0.25, -0.2) is 4.68 Å². The lowest BCUT2D eigenvalue weighted by molar-refractivity contribution is 0.132. The zero-order chi connectivity index (χ0) is 12.4. The number of aliphatic hydroxyl groups is 1. The smallest absolute Gasteiger partial charge is 0.174 e. The Labute approximate surface area is 108 Å². The largest absolute Gasteiger partial charge is 0.493 e. The number of ether oxygens (including phenoxy) is 1. The van der Waals surface area contributed by atoms with Crippen molar-refractivity contribution in [2.24, 2.45) is 0 Å². The Morgan fingerprint density at radius 2 is 2.18 bits per heavy atom. The average Bonchev–Trinajstić information content (AvgIpc) is 2.76. The summed E-state index contributed by atoms with van der Waals surface area (Å²) in [7, 11) is 1.53. The van der Waals surface area contributed by atoms with Gasteiger partial charge in [-0.15, -0.1) is 0 Å². The molecule has 90 valence electrons. The van der Waals surface area contributed by atoms with Crippen LogP contribution < -0.4 is 4.74 Å². The van der Waals surface area contributed by atoms with Crippen molar-refractivity contribution >= 4 is 23.2 Å². The fourth-order valence-corrected chi connectivity index (χ4v) is 1.92. The summed E-state index contributed by atoms with van der Waals surface area (Å²) in [5, 5.41) is 15.0. The minimum Gasteiger partial charge on any atom is -0.493 e. The molecule has 2 aromatic rings. The van der Waals surface area contributed by atoms with Crippen LogP contribution in [0.3, 0.4) is 0 Å². The highest BCUT2D eigenvalue weighted by Crippen LogP contribution is 2.27. The lowest BCUT2D eigenvalue weighted by atomic mass is 10.2. The summed E-state index contributed by atoms with van der Waals surface area (Å²) >= 11 is 11.8. The molecule has 17 heavy (non-hydrogen) atoms. The normalized spacial score (nSPS) is 12.5. The van der Waals surface area contributed by atoms with Crippen LogP contribution in [0, 0.1) is 0 Å². The molecule has 0 bridgehead atoms. The summed E-state index contributed by atoms with van der Waals surface area (Å²) in [4.78, 5) is 0. The van der Waals surface area contributed by atoms with E-state index < -0.39 is 6.23 Å². The number of benzene rings is 1. The van der Waals surface area contributed by atoms with Gasteiger partial charge in [0, 0.05) is 15.6 Å². The van der Waals surface area contributed by atoms with Gasteiger partial charge in [0.05, 0.1) is 19.5 Å². The molecule has 0 amide bonds. The summed E-state index contributed by atoms with van der Waals surface area (Å²) in [6, 6.07) is 4.89. The average molecular weight is 273 g/mol. The fourth-order valence-electron chi connectivity index (χ4n) is 1.41. The van der Waals surface area contributed by atoms with Crippen molar-refractivity contribution in [3.63, 3.8) is 0 Å². The molecule has 0 aliphatic carbocycles. The van der Waals surface area contributed by atoms with Crippen LogP contribution in [-0.4, -0.2) is 22.0 Å². The highest BCUT2D eigenvalue weighted by atomic mass is 35.5. The molecule has 0 aliphatic heterocycles. The Bertz CT molecular complexity index is 528. The van der Waals surface area contributed by atoms with Crippen molar-refractivity contribution in [3.05, 3.63) is 46.2 Å². The second kappa shape index (κ2) is 4.96. The molecule has 1 aromatic heterocycles. The number of rotatable bonds is 3. The van der Waals surface area contributed by atoms with E-state index in [2.05, 4.69) is 5.10 Å². The molecule has 6 heteroatoms. The molecule has 0 saturated heterocycles. The molecule has 0 fully saturated rings. The molecule has 1 heterocycles. The van der Waals surface area contributed by atoms with Crippen LogP contribution in [0.2, 0.25) is 10.0 Å². The Hall–Kier alpha value is -1.23. The fraction of sp³-hybridized carbons (Fsp3) is 0.182. The minimum absolute atomic E-state index is 0.388. The molecule has 0 spiro atoms. The van der Waals surface area contributed by atoms with Crippen molar-refractivity contribution in [2.45, 2.75) is 6.23 Å². The van der Waals surface area contributed by atoms with Gasteiger partial charge in [-0.05, 0) is 12.1 Å². The summed E-state index contributed by atoms with van der Waals surface area (Å²) in [6.45, 7) is 0. The van der Waals surface area contributed by atoms with E-state index in [0.717, 1.165) is 0 Å². The maximum Gasteiger partial charge on any atom is 0.174 e. The van der Waals surface area contributed by atoms with Crippen LogP contribution in [0.4, 0.5) is 0 Å². The zero-order valence-electron chi connectivity index (χ0n) is 8.97.